The second-order valence-corrected chi connectivity index (χ2v) is 9.82. The third-order valence-corrected chi connectivity index (χ3v) is 7.20. The molecule has 1 saturated heterocycles. The van der Waals surface area contributed by atoms with Crippen LogP contribution in [-0.2, 0) is 29.5 Å². The number of ether oxygens (including phenoxy) is 4. The third kappa shape index (κ3) is 6.51. The van der Waals surface area contributed by atoms with Crippen molar-refractivity contribution in [1.29, 1.82) is 0 Å². The van der Waals surface area contributed by atoms with Gasteiger partial charge in [-0.25, -0.2) is 0 Å². The Morgan fingerprint density at radius 2 is 1.40 bits per heavy atom. The summed E-state index contributed by atoms with van der Waals surface area (Å²) in [5, 5.41) is 0. The second-order valence-electron chi connectivity index (χ2n) is 9.82. The molecule has 1 heterocycles. The Labute approximate surface area is 234 Å². The number of nitrogens with zero attached hydrogens (tertiary/aromatic N) is 1. The number of carbonyl (C=O) groups is 3. The smallest absolute Gasteiger partial charge is 0.306 e. The molecule has 0 aliphatic carbocycles. The van der Waals surface area contributed by atoms with Crippen molar-refractivity contribution in [2.75, 3.05) is 27.4 Å². The van der Waals surface area contributed by atoms with Gasteiger partial charge in [0.15, 0.2) is 0 Å². The maximum Gasteiger partial charge on any atom is 0.306 e. The first-order chi connectivity index (χ1) is 19.4. The van der Waals surface area contributed by atoms with E-state index in [0.29, 0.717) is 6.42 Å². The van der Waals surface area contributed by atoms with Crippen molar-refractivity contribution in [3.8, 4) is 11.5 Å². The number of ketones is 1. The van der Waals surface area contributed by atoms with Crippen molar-refractivity contribution in [3.63, 3.8) is 0 Å². The number of benzene rings is 3. The summed E-state index contributed by atoms with van der Waals surface area (Å²) in [5.74, 6) is 0.928. The molecule has 1 aliphatic rings. The first-order valence-electron chi connectivity index (χ1n) is 13.3. The van der Waals surface area contributed by atoms with Crippen LogP contribution in [0.15, 0.2) is 78.9 Å². The summed E-state index contributed by atoms with van der Waals surface area (Å²) in [6, 6.07) is 25.1. The van der Waals surface area contributed by atoms with Crippen molar-refractivity contribution in [1.82, 2.24) is 4.90 Å². The first kappa shape index (κ1) is 28.8. The van der Waals surface area contributed by atoms with Crippen LogP contribution in [0.25, 0.3) is 0 Å². The van der Waals surface area contributed by atoms with Crippen LogP contribution in [0.1, 0.15) is 42.9 Å². The zero-order valence-electron chi connectivity index (χ0n) is 23.1. The minimum atomic E-state index is -1.02. The molecule has 0 saturated carbocycles. The molecule has 0 unspecified atom stereocenters. The maximum atomic E-state index is 12.2. The average Bonchev–Trinajstić information content (AvgIpc) is 3.38. The summed E-state index contributed by atoms with van der Waals surface area (Å²) in [6.45, 7) is 1.90. The Bertz CT molecular complexity index is 1230. The van der Waals surface area contributed by atoms with Crippen LogP contribution in [0.4, 0.5) is 0 Å². The largest absolute Gasteiger partial charge is 0.497 e. The molecule has 4 rings (SSSR count). The quantitative estimate of drug-likeness (QED) is 0.177. The fourth-order valence-electron chi connectivity index (χ4n) is 5.09. The number of esters is 1. The average molecular weight is 546 g/mol. The number of hydrogen-bond donors (Lipinski definition) is 0. The molecule has 3 aromatic carbocycles. The van der Waals surface area contributed by atoms with Crippen LogP contribution in [-0.4, -0.2) is 62.6 Å². The van der Waals surface area contributed by atoms with E-state index in [1.165, 1.54) is 6.92 Å². The van der Waals surface area contributed by atoms with E-state index < -0.39 is 17.7 Å². The molecule has 1 amide bonds. The summed E-state index contributed by atoms with van der Waals surface area (Å²) < 4.78 is 23.3. The van der Waals surface area contributed by atoms with Gasteiger partial charge in [0.1, 0.15) is 29.0 Å². The lowest BCUT2D eigenvalue weighted by Gasteiger charge is -2.37. The standard InChI is InChI=1S/C32H35NO7/c1-23(35)9-18-31(36)40-30-19-27(33(20-30)22-34)21-39-32(24-7-5-4-6-8-24,25-10-14-28(37-2)15-11-25)26-12-16-29(38-3)17-13-26/h4-8,10-17,22,27,30H,9,18-21H2,1-3H3/t27-,30+/m0/s1. The molecule has 3 aromatic rings. The van der Waals surface area contributed by atoms with Crippen molar-refractivity contribution < 1.29 is 33.3 Å². The minimum Gasteiger partial charge on any atom is -0.497 e. The van der Waals surface area contributed by atoms with E-state index in [4.69, 9.17) is 18.9 Å². The van der Waals surface area contributed by atoms with Crippen molar-refractivity contribution in [3.05, 3.63) is 95.6 Å². The summed E-state index contributed by atoms with van der Waals surface area (Å²) in [5.41, 5.74) is 1.65. The minimum absolute atomic E-state index is 0.0279. The zero-order valence-corrected chi connectivity index (χ0v) is 23.1. The Kier molecular flexibility index (Phi) is 9.56. The van der Waals surface area contributed by atoms with E-state index >= 15 is 0 Å². The monoisotopic (exact) mass is 545 g/mol. The highest BCUT2D eigenvalue weighted by atomic mass is 16.5. The van der Waals surface area contributed by atoms with Crippen LogP contribution in [0.5, 0.6) is 11.5 Å². The molecule has 210 valence electrons. The van der Waals surface area contributed by atoms with Gasteiger partial charge < -0.3 is 28.6 Å². The number of amides is 1. The fourth-order valence-corrected chi connectivity index (χ4v) is 5.09. The topological polar surface area (TPSA) is 91.4 Å². The molecule has 8 nitrogen and oxygen atoms in total. The third-order valence-electron chi connectivity index (χ3n) is 7.20. The van der Waals surface area contributed by atoms with E-state index in [1.807, 2.05) is 78.9 Å². The second kappa shape index (κ2) is 13.3. The summed E-state index contributed by atoms with van der Waals surface area (Å²) >= 11 is 0. The van der Waals surface area contributed by atoms with Gasteiger partial charge in [0.25, 0.3) is 0 Å². The van der Waals surface area contributed by atoms with E-state index in [1.54, 1.807) is 19.1 Å². The highest BCUT2D eigenvalue weighted by Crippen LogP contribution is 2.42. The van der Waals surface area contributed by atoms with Crippen molar-refractivity contribution in [2.45, 2.75) is 43.9 Å². The Morgan fingerprint density at radius 1 is 0.850 bits per heavy atom. The summed E-state index contributed by atoms with van der Waals surface area (Å²) in [4.78, 5) is 37.1. The van der Waals surface area contributed by atoms with Crippen LogP contribution < -0.4 is 9.47 Å². The number of methoxy groups -OCH3 is 2. The molecular formula is C32H35NO7. The lowest BCUT2D eigenvalue weighted by molar-refractivity contribution is -0.149. The molecule has 1 fully saturated rings. The van der Waals surface area contributed by atoms with Gasteiger partial charge in [0.2, 0.25) is 6.41 Å². The molecular weight excluding hydrogens is 510 g/mol. The molecule has 0 radical (unpaired) electrons. The molecule has 0 spiro atoms. The van der Waals surface area contributed by atoms with Gasteiger partial charge in [-0.1, -0.05) is 54.6 Å². The summed E-state index contributed by atoms with van der Waals surface area (Å²) in [7, 11) is 3.24. The van der Waals surface area contributed by atoms with Gasteiger partial charge >= 0.3 is 5.97 Å². The van der Waals surface area contributed by atoms with E-state index in [2.05, 4.69) is 0 Å². The Morgan fingerprint density at radius 3 is 1.90 bits per heavy atom. The van der Waals surface area contributed by atoms with Crippen LogP contribution in [0.3, 0.4) is 0 Å². The van der Waals surface area contributed by atoms with Crippen LogP contribution in [0.2, 0.25) is 0 Å². The van der Waals surface area contributed by atoms with Gasteiger partial charge in [-0.3, -0.25) is 9.59 Å². The predicted octanol–water partition coefficient (Wildman–Crippen LogP) is 4.52. The van der Waals surface area contributed by atoms with Gasteiger partial charge in [0, 0.05) is 12.8 Å². The molecule has 0 aromatic heterocycles. The van der Waals surface area contributed by atoms with E-state index in [0.717, 1.165) is 34.6 Å². The number of Topliss-reactive ketones (excluding diaryl/α,β-unsaturated/α-hetero) is 1. The normalized spacial score (nSPS) is 16.8. The molecule has 8 heteroatoms. The highest BCUT2D eigenvalue weighted by Gasteiger charge is 2.41. The highest BCUT2D eigenvalue weighted by molar-refractivity contribution is 5.81. The molecule has 0 N–H and O–H groups in total. The lowest BCUT2D eigenvalue weighted by atomic mass is 9.80. The Hall–Kier alpha value is -4.17. The molecule has 40 heavy (non-hydrogen) atoms. The number of rotatable bonds is 13. The van der Waals surface area contributed by atoms with E-state index in [9.17, 15) is 14.4 Å². The molecule has 1 aliphatic heterocycles. The zero-order chi connectivity index (χ0) is 28.5. The van der Waals surface area contributed by atoms with Crippen LogP contribution >= 0.6 is 0 Å². The van der Waals surface area contributed by atoms with Crippen molar-refractivity contribution >= 4 is 18.2 Å². The lowest BCUT2D eigenvalue weighted by Crippen LogP contribution is -2.39. The van der Waals surface area contributed by atoms with Crippen LogP contribution in [0, 0.1) is 0 Å². The van der Waals surface area contributed by atoms with Gasteiger partial charge in [0.05, 0.1) is 39.8 Å². The Balaban J connectivity index is 1.67. The van der Waals surface area contributed by atoms with Gasteiger partial charge in [-0.15, -0.1) is 0 Å². The maximum absolute atomic E-state index is 12.2. The number of likely N-dealkylation sites (tertiary alicyclic amines) is 1. The van der Waals surface area contributed by atoms with Crippen molar-refractivity contribution in [2.24, 2.45) is 0 Å². The SMILES string of the molecule is COc1ccc(C(OC[C@@H]2C[C@@H](OC(=O)CCC(C)=O)CN2C=O)(c2ccccc2)c2ccc(OC)cc2)cc1. The summed E-state index contributed by atoms with van der Waals surface area (Å²) in [6.07, 6.45) is 0.897. The fraction of sp³-hybridized carbons (Fsp3) is 0.344. The predicted molar refractivity (Wildman–Crippen MR) is 149 cm³/mol. The molecule has 0 bridgehead atoms. The van der Waals surface area contributed by atoms with E-state index in [-0.39, 0.29) is 37.8 Å². The molecule has 2 atom stereocenters. The number of carbonyl (C=O) groups excluding carboxylic acids is 3. The van der Waals surface area contributed by atoms with Gasteiger partial charge in [-0.2, -0.15) is 0 Å². The van der Waals surface area contributed by atoms with Gasteiger partial charge in [-0.05, 0) is 47.9 Å². The number of hydrogen-bond acceptors (Lipinski definition) is 7. The first-order valence-corrected chi connectivity index (χ1v) is 13.3.